The molecule has 2 rings (SSSR count). The molecule has 0 aliphatic carbocycles. The third kappa shape index (κ3) is 3.45. The van der Waals surface area contributed by atoms with Crippen LogP contribution in [0.4, 0.5) is 0 Å². The van der Waals surface area contributed by atoms with Gasteiger partial charge in [0, 0.05) is 18.5 Å². The molecule has 2 aliphatic rings. The quantitative estimate of drug-likeness (QED) is 0.794. The predicted molar refractivity (Wildman–Crippen MR) is 71.2 cm³/mol. The topological polar surface area (TPSA) is 52.6 Å². The summed E-state index contributed by atoms with van der Waals surface area (Å²) in [7, 11) is 0. The smallest absolute Gasteiger partial charge is 0.226 e. The van der Waals surface area contributed by atoms with Crippen molar-refractivity contribution in [2.75, 3.05) is 19.6 Å². The van der Waals surface area contributed by atoms with E-state index >= 15 is 0 Å². The molecule has 0 spiro atoms. The van der Waals surface area contributed by atoms with Gasteiger partial charge in [0.05, 0.1) is 6.10 Å². The van der Waals surface area contributed by atoms with Gasteiger partial charge in [0.15, 0.2) is 0 Å². The minimum atomic E-state index is -0.309. The van der Waals surface area contributed by atoms with Gasteiger partial charge in [0.1, 0.15) is 0 Å². The molecule has 2 fully saturated rings. The van der Waals surface area contributed by atoms with Crippen molar-refractivity contribution in [3.8, 4) is 0 Å². The summed E-state index contributed by atoms with van der Waals surface area (Å²) in [4.78, 5) is 14.6. The van der Waals surface area contributed by atoms with E-state index in [4.69, 9.17) is 0 Å². The number of likely N-dealkylation sites (tertiary alicyclic amines) is 1. The normalized spacial score (nSPS) is 28.1. The number of nitrogens with one attached hydrogen (secondary N) is 1. The van der Waals surface area contributed by atoms with Gasteiger partial charge in [-0.25, -0.2) is 0 Å². The zero-order valence-electron chi connectivity index (χ0n) is 11.4. The van der Waals surface area contributed by atoms with Gasteiger partial charge in [-0.1, -0.05) is 0 Å². The highest BCUT2D eigenvalue weighted by Crippen LogP contribution is 2.25. The van der Waals surface area contributed by atoms with Gasteiger partial charge in [0.2, 0.25) is 5.91 Å². The monoisotopic (exact) mass is 254 g/mol. The standard InChI is InChI=1S/C14H26N2O2/c1-11(17)10-13-4-2-3-9-16(13)14(18)12-5-7-15-8-6-12/h11-13,15,17H,2-10H2,1H3. The first-order valence-electron chi connectivity index (χ1n) is 7.37. The summed E-state index contributed by atoms with van der Waals surface area (Å²) in [6.45, 7) is 4.64. The number of nitrogens with zero attached hydrogens (tertiary/aromatic N) is 1. The van der Waals surface area contributed by atoms with Crippen molar-refractivity contribution in [2.45, 2.75) is 57.6 Å². The molecule has 0 aromatic heterocycles. The minimum Gasteiger partial charge on any atom is -0.393 e. The van der Waals surface area contributed by atoms with Gasteiger partial charge < -0.3 is 15.3 Å². The lowest BCUT2D eigenvalue weighted by Crippen LogP contribution is -2.49. The number of rotatable bonds is 3. The van der Waals surface area contributed by atoms with Crippen LogP contribution in [0, 0.1) is 5.92 Å². The van der Waals surface area contributed by atoms with E-state index in [1.54, 1.807) is 0 Å². The highest BCUT2D eigenvalue weighted by atomic mass is 16.3. The summed E-state index contributed by atoms with van der Waals surface area (Å²) in [6.07, 6.45) is 5.73. The molecule has 4 heteroatoms. The molecule has 2 saturated heterocycles. The molecule has 0 aromatic carbocycles. The fraction of sp³-hybridized carbons (Fsp3) is 0.929. The Bertz CT molecular complexity index is 275. The third-order valence-corrected chi connectivity index (χ3v) is 4.21. The van der Waals surface area contributed by atoms with Crippen LogP contribution in [-0.2, 0) is 4.79 Å². The molecule has 2 unspecified atom stereocenters. The van der Waals surface area contributed by atoms with E-state index < -0.39 is 0 Å². The Balaban J connectivity index is 1.96. The maximum absolute atomic E-state index is 12.6. The third-order valence-electron chi connectivity index (χ3n) is 4.21. The largest absolute Gasteiger partial charge is 0.393 e. The fourth-order valence-electron chi connectivity index (χ4n) is 3.23. The number of aliphatic hydroxyl groups excluding tert-OH is 1. The summed E-state index contributed by atoms with van der Waals surface area (Å²) < 4.78 is 0. The molecule has 2 atom stereocenters. The summed E-state index contributed by atoms with van der Waals surface area (Å²) in [6, 6.07) is 0.265. The number of hydrogen-bond acceptors (Lipinski definition) is 3. The van der Waals surface area contributed by atoms with Gasteiger partial charge in [-0.2, -0.15) is 0 Å². The van der Waals surface area contributed by atoms with E-state index in [0.717, 1.165) is 51.7 Å². The van der Waals surface area contributed by atoms with Crippen LogP contribution in [0.1, 0.15) is 45.4 Å². The van der Waals surface area contributed by atoms with Gasteiger partial charge in [0.25, 0.3) is 0 Å². The highest BCUT2D eigenvalue weighted by Gasteiger charge is 2.32. The molecule has 2 heterocycles. The molecule has 0 aromatic rings. The van der Waals surface area contributed by atoms with Gasteiger partial charge in [-0.05, 0) is 58.5 Å². The molecule has 0 saturated carbocycles. The lowest BCUT2D eigenvalue weighted by Gasteiger charge is -2.39. The molecule has 0 radical (unpaired) electrons. The van der Waals surface area contributed by atoms with Gasteiger partial charge in [-0.15, -0.1) is 0 Å². The number of piperidine rings is 2. The maximum atomic E-state index is 12.6. The average molecular weight is 254 g/mol. The second-order valence-corrected chi connectivity index (χ2v) is 5.79. The first-order chi connectivity index (χ1) is 8.68. The van der Waals surface area contributed by atoms with Crippen molar-refractivity contribution in [3.05, 3.63) is 0 Å². The molecule has 104 valence electrons. The average Bonchev–Trinajstić information content (AvgIpc) is 2.39. The highest BCUT2D eigenvalue weighted by molar-refractivity contribution is 5.79. The first-order valence-corrected chi connectivity index (χ1v) is 7.37. The fourth-order valence-corrected chi connectivity index (χ4v) is 3.23. The van der Waals surface area contributed by atoms with Crippen LogP contribution in [0.3, 0.4) is 0 Å². The van der Waals surface area contributed by atoms with Crippen LogP contribution >= 0.6 is 0 Å². The van der Waals surface area contributed by atoms with Crippen LogP contribution in [0.2, 0.25) is 0 Å². The molecular weight excluding hydrogens is 228 g/mol. The maximum Gasteiger partial charge on any atom is 0.226 e. The zero-order valence-corrected chi connectivity index (χ0v) is 11.4. The number of hydrogen-bond donors (Lipinski definition) is 2. The van der Waals surface area contributed by atoms with E-state index in [1.807, 2.05) is 6.92 Å². The lowest BCUT2D eigenvalue weighted by atomic mass is 9.91. The van der Waals surface area contributed by atoms with E-state index in [0.29, 0.717) is 5.91 Å². The van der Waals surface area contributed by atoms with Crippen molar-refractivity contribution >= 4 is 5.91 Å². The molecule has 18 heavy (non-hydrogen) atoms. The second-order valence-electron chi connectivity index (χ2n) is 5.79. The number of amides is 1. The Kier molecular flexibility index (Phi) is 5.01. The molecule has 2 aliphatic heterocycles. The summed E-state index contributed by atoms with van der Waals surface area (Å²) in [5, 5.41) is 12.9. The van der Waals surface area contributed by atoms with Crippen molar-refractivity contribution in [2.24, 2.45) is 5.92 Å². The SMILES string of the molecule is CC(O)CC1CCCCN1C(=O)C1CCNCC1. The number of carbonyl (C=O) groups excluding carboxylic acids is 1. The molecule has 0 bridgehead atoms. The zero-order chi connectivity index (χ0) is 13.0. The minimum absolute atomic E-state index is 0.209. The second kappa shape index (κ2) is 6.53. The van der Waals surface area contributed by atoms with E-state index in [-0.39, 0.29) is 18.1 Å². The van der Waals surface area contributed by atoms with Crippen molar-refractivity contribution in [1.82, 2.24) is 10.2 Å². The van der Waals surface area contributed by atoms with Crippen LogP contribution in [0.15, 0.2) is 0 Å². The Morgan fingerprint density at radius 2 is 2.06 bits per heavy atom. The Morgan fingerprint density at radius 1 is 1.33 bits per heavy atom. The molecule has 2 N–H and O–H groups in total. The van der Waals surface area contributed by atoms with Crippen LogP contribution in [-0.4, -0.2) is 47.7 Å². The van der Waals surface area contributed by atoms with Crippen LogP contribution in [0.25, 0.3) is 0 Å². The summed E-state index contributed by atoms with van der Waals surface area (Å²) >= 11 is 0. The summed E-state index contributed by atoms with van der Waals surface area (Å²) in [5.41, 5.74) is 0. The van der Waals surface area contributed by atoms with E-state index in [2.05, 4.69) is 10.2 Å². The van der Waals surface area contributed by atoms with E-state index in [9.17, 15) is 9.90 Å². The van der Waals surface area contributed by atoms with E-state index in [1.165, 1.54) is 6.42 Å². The molecule has 1 amide bonds. The van der Waals surface area contributed by atoms with Crippen molar-refractivity contribution in [1.29, 1.82) is 0 Å². The first kappa shape index (κ1) is 13.8. The molecule has 4 nitrogen and oxygen atoms in total. The Labute approximate surface area is 110 Å². The van der Waals surface area contributed by atoms with Gasteiger partial charge >= 0.3 is 0 Å². The number of aliphatic hydroxyl groups is 1. The van der Waals surface area contributed by atoms with Crippen molar-refractivity contribution < 1.29 is 9.90 Å². The lowest BCUT2D eigenvalue weighted by molar-refractivity contribution is -0.140. The Morgan fingerprint density at radius 3 is 2.72 bits per heavy atom. The predicted octanol–water partition coefficient (Wildman–Crippen LogP) is 1.14. The Hall–Kier alpha value is -0.610. The molecular formula is C14H26N2O2. The van der Waals surface area contributed by atoms with Gasteiger partial charge in [-0.3, -0.25) is 4.79 Å². The number of carbonyl (C=O) groups is 1. The van der Waals surface area contributed by atoms with Crippen LogP contribution < -0.4 is 5.32 Å². The van der Waals surface area contributed by atoms with Crippen molar-refractivity contribution in [3.63, 3.8) is 0 Å². The van der Waals surface area contributed by atoms with Crippen LogP contribution in [0.5, 0.6) is 0 Å². The summed E-state index contributed by atoms with van der Waals surface area (Å²) in [5.74, 6) is 0.544.